The average molecular weight is 688 g/mol. The van der Waals surface area contributed by atoms with E-state index in [1.54, 1.807) is 0 Å². The van der Waals surface area contributed by atoms with Crippen molar-refractivity contribution in [3.8, 4) is 0 Å². The molecule has 5 saturated carbocycles. The van der Waals surface area contributed by atoms with Crippen molar-refractivity contribution in [2.45, 2.75) is 183 Å². The van der Waals surface area contributed by atoms with Crippen LogP contribution in [0.4, 0.5) is 0 Å². The first-order valence-electron chi connectivity index (χ1n) is 19.7. The molecule has 1 aliphatic heterocycles. The number of carbonyl (C=O) groups excluding carboxylic acids is 2. The molecule has 1 heterocycles. The molecule has 0 aromatic rings. The highest BCUT2D eigenvalue weighted by atomic mass is 16.6. The number of hydrogen-bond donors (Lipinski definition) is 3. The van der Waals surface area contributed by atoms with Crippen molar-refractivity contribution in [3.05, 3.63) is 0 Å². The third kappa shape index (κ3) is 5.24. The summed E-state index contributed by atoms with van der Waals surface area (Å²) in [5, 5.41) is 23.0. The second-order valence-corrected chi connectivity index (χ2v) is 20.5. The summed E-state index contributed by atoms with van der Waals surface area (Å²) in [7, 11) is 0. The minimum absolute atomic E-state index is 0.0123. The van der Waals surface area contributed by atoms with Gasteiger partial charge in [0.05, 0.1) is 29.3 Å². The Kier molecular flexibility index (Phi) is 8.92. The molecule has 8 nitrogen and oxygen atoms in total. The second-order valence-electron chi connectivity index (χ2n) is 20.5. The van der Waals surface area contributed by atoms with E-state index >= 15 is 0 Å². The first kappa shape index (κ1) is 37.5. The summed E-state index contributed by atoms with van der Waals surface area (Å²) < 4.78 is 19.8. The van der Waals surface area contributed by atoms with E-state index in [9.17, 15) is 19.8 Å². The highest BCUT2D eigenvalue weighted by molar-refractivity contribution is 5.76. The number of carbonyl (C=O) groups is 2. The first-order chi connectivity index (χ1) is 22.4. The maximum absolute atomic E-state index is 13.8. The van der Waals surface area contributed by atoms with Crippen LogP contribution in [0, 0.1) is 62.6 Å². The minimum atomic E-state index is -0.940. The van der Waals surface area contributed by atoms with Gasteiger partial charge in [-0.2, -0.15) is 0 Å². The van der Waals surface area contributed by atoms with Crippen LogP contribution in [-0.4, -0.2) is 63.8 Å². The number of hydrogen-bond acceptors (Lipinski definition) is 8. The molecule has 0 aromatic carbocycles. The fraction of sp³-hybridized carbons (Fsp3) is 0.951. The largest absolute Gasteiger partial charge is 0.462 e. The van der Waals surface area contributed by atoms with Crippen molar-refractivity contribution in [2.75, 3.05) is 0 Å². The average Bonchev–Trinajstić information content (AvgIpc) is 3.35. The smallest absolute Gasteiger partial charge is 0.323 e. The third-order valence-corrected chi connectivity index (χ3v) is 16.6. The summed E-state index contributed by atoms with van der Waals surface area (Å²) in [6.07, 6.45) is 6.58. The first-order valence-corrected chi connectivity index (χ1v) is 19.7. The van der Waals surface area contributed by atoms with Gasteiger partial charge < -0.3 is 30.2 Å². The fourth-order valence-corrected chi connectivity index (χ4v) is 13.4. The van der Waals surface area contributed by atoms with Crippen LogP contribution in [0.5, 0.6) is 0 Å². The Hall–Kier alpha value is -1.22. The molecular formula is C41H69NO7. The van der Waals surface area contributed by atoms with E-state index < -0.39 is 28.8 Å². The Morgan fingerprint density at radius 2 is 1.49 bits per heavy atom. The quantitative estimate of drug-likeness (QED) is 0.238. The molecule has 6 rings (SSSR count). The summed E-state index contributed by atoms with van der Waals surface area (Å²) in [6, 6.07) is -0.669. The Balaban J connectivity index is 1.37. The normalized spacial score (nSPS) is 48.2. The van der Waals surface area contributed by atoms with Crippen molar-refractivity contribution < 1.29 is 34.0 Å². The predicted octanol–water partition coefficient (Wildman–Crippen LogP) is 6.81. The van der Waals surface area contributed by atoms with Crippen LogP contribution in [0.15, 0.2) is 0 Å². The zero-order valence-electron chi connectivity index (χ0n) is 32.7. The Morgan fingerprint density at radius 3 is 2.06 bits per heavy atom. The van der Waals surface area contributed by atoms with Gasteiger partial charge in [-0.05, 0) is 118 Å². The highest BCUT2D eigenvalue weighted by Gasteiger charge is 2.85. The molecule has 49 heavy (non-hydrogen) atoms. The molecule has 2 spiro atoms. The van der Waals surface area contributed by atoms with Gasteiger partial charge in [0.2, 0.25) is 0 Å². The van der Waals surface area contributed by atoms with Crippen LogP contribution >= 0.6 is 0 Å². The van der Waals surface area contributed by atoms with Gasteiger partial charge in [0.1, 0.15) is 18.2 Å². The summed E-state index contributed by atoms with van der Waals surface area (Å²) in [6.45, 7) is 25.1. The number of aliphatic hydroxyl groups is 2. The topological polar surface area (TPSA) is 128 Å². The SMILES string of the molecule is CC(C)C(C)C(=O)O[C@H]1CC2C3(CC[C@]4(C)[C@@H]([C@@]5(C)CCC(C(C)(C)O)O5)[C@@H](O)C[C@@]24C)C[C@@]32CC[C@H](OC(=O)C(N)C(C)C)C(C)(C)[C@H]12. The molecule has 5 aliphatic carbocycles. The molecule has 0 amide bonds. The van der Waals surface area contributed by atoms with E-state index in [4.69, 9.17) is 19.9 Å². The summed E-state index contributed by atoms with van der Waals surface area (Å²) in [5.74, 6) is -0.276. The van der Waals surface area contributed by atoms with Gasteiger partial charge in [0, 0.05) is 17.3 Å². The predicted molar refractivity (Wildman–Crippen MR) is 189 cm³/mol. The zero-order chi connectivity index (χ0) is 36.5. The number of fused-ring (bicyclic) bond motifs is 2. The van der Waals surface area contributed by atoms with Crippen LogP contribution < -0.4 is 5.73 Å². The van der Waals surface area contributed by atoms with Crippen molar-refractivity contribution in [1.29, 1.82) is 0 Å². The van der Waals surface area contributed by atoms with Crippen LogP contribution in [-0.2, 0) is 23.8 Å². The Morgan fingerprint density at radius 1 is 0.837 bits per heavy atom. The van der Waals surface area contributed by atoms with E-state index in [1.165, 1.54) is 0 Å². The number of rotatable bonds is 8. The number of ether oxygens (including phenoxy) is 3. The molecule has 280 valence electrons. The monoisotopic (exact) mass is 688 g/mol. The van der Waals surface area contributed by atoms with Crippen LogP contribution in [0.3, 0.4) is 0 Å². The molecule has 1 saturated heterocycles. The minimum Gasteiger partial charge on any atom is -0.462 e. The van der Waals surface area contributed by atoms with Gasteiger partial charge >= 0.3 is 11.9 Å². The van der Waals surface area contributed by atoms with E-state index in [0.29, 0.717) is 6.42 Å². The van der Waals surface area contributed by atoms with E-state index in [1.807, 2.05) is 34.6 Å². The van der Waals surface area contributed by atoms with Gasteiger partial charge in [0.25, 0.3) is 0 Å². The Bertz CT molecular complexity index is 1320. The summed E-state index contributed by atoms with van der Waals surface area (Å²) in [5.41, 5.74) is 4.10. The number of nitrogens with two attached hydrogens (primary N) is 1. The summed E-state index contributed by atoms with van der Waals surface area (Å²) >= 11 is 0. The number of esters is 2. The van der Waals surface area contributed by atoms with Crippen LogP contribution in [0.1, 0.15) is 141 Å². The second kappa shape index (κ2) is 11.6. The van der Waals surface area contributed by atoms with E-state index in [0.717, 1.165) is 51.4 Å². The van der Waals surface area contributed by atoms with Gasteiger partial charge in [-0.3, -0.25) is 9.59 Å². The van der Waals surface area contributed by atoms with Crippen molar-refractivity contribution in [2.24, 2.45) is 68.3 Å². The molecule has 0 radical (unpaired) electrons. The lowest BCUT2D eigenvalue weighted by atomic mass is 9.41. The van der Waals surface area contributed by atoms with Gasteiger partial charge in [-0.1, -0.05) is 62.3 Å². The lowest BCUT2D eigenvalue weighted by Crippen LogP contribution is -2.63. The number of aliphatic hydroxyl groups excluding tert-OH is 1. The maximum Gasteiger partial charge on any atom is 0.323 e. The molecule has 6 aliphatic rings. The molecule has 5 unspecified atom stereocenters. The lowest BCUT2D eigenvalue weighted by Gasteiger charge is -2.64. The van der Waals surface area contributed by atoms with Crippen LogP contribution in [0.2, 0.25) is 0 Å². The Labute approximate surface area is 296 Å². The van der Waals surface area contributed by atoms with Gasteiger partial charge in [-0.25, -0.2) is 0 Å². The molecule has 6 fully saturated rings. The zero-order valence-corrected chi connectivity index (χ0v) is 32.7. The van der Waals surface area contributed by atoms with Gasteiger partial charge in [-0.15, -0.1) is 0 Å². The third-order valence-electron chi connectivity index (χ3n) is 16.6. The molecule has 8 heteroatoms. The molecule has 0 aromatic heterocycles. The molecule has 14 atom stereocenters. The maximum atomic E-state index is 13.8. The lowest BCUT2D eigenvalue weighted by molar-refractivity contribution is -0.226. The molecule has 0 bridgehead atoms. The van der Waals surface area contributed by atoms with E-state index in [-0.39, 0.29) is 87.4 Å². The molecule has 4 N–H and O–H groups in total. The van der Waals surface area contributed by atoms with Crippen LogP contribution in [0.25, 0.3) is 0 Å². The van der Waals surface area contributed by atoms with Crippen molar-refractivity contribution in [1.82, 2.24) is 0 Å². The summed E-state index contributed by atoms with van der Waals surface area (Å²) in [4.78, 5) is 27.1. The fourth-order valence-electron chi connectivity index (χ4n) is 13.4. The molecular weight excluding hydrogens is 618 g/mol. The van der Waals surface area contributed by atoms with Crippen molar-refractivity contribution in [3.63, 3.8) is 0 Å². The van der Waals surface area contributed by atoms with E-state index in [2.05, 4.69) is 48.5 Å². The van der Waals surface area contributed by atoms with Gasteiger partial charge in [0.15, 0.2) is 0 Å². The highest BCUT2D eigenvalue weighted by Crippen LogP contribution is 2.89. The van der Waals surface area contributed by atoms with Crippen molar-refractivity contribution >= 4 is 11.9 Å². The standard InChI is InChI=1S/C41H69NO7/c1-22(2)24(5)33(44)47-26-19-27-38(11)20-25(43)31(39(12)15-13-29(49-39)36(8,9)46)37(38,10)17-18-40(27)21-41(40)16-14-28(35(6,7)32(26)41)48-34(45)30(42)23(3)4/h22-32,43,46H,13-21,42H2,1-12H3/t24?,25-,26-,27?,28-,29?,30?,31-,32-,37+,38-,39+,40?,41+/m0/s1.